The average molecular weight is 225 g/mol. The molecule has 0 aromatic heterocycles. The van der Waals surface area contributed by atoms with Gasteiger partial charge in [0.1, 0.15) is 0 Å². The number of aliphatic hydroxyl groups excluding tert-OH is 1. The summed E-state index contributed by atoms with van der Waals surface area (Å²) < 4.78 is 35.2. The smallest absolute Gasteiger partial charge is 0.389 e. The molecule has 1 aliphatic rings. The molecule has 1 saturated carbocycles. The van der Waals surface area contributed by atoms with Crippen molar-refractivity contribution in [2.45, 2.75) is 38.0 Å². The molecule has 0 radical (unpaired) electrons. The third-order valence-corrected chi connectivity index (χ3v) is 2.31. The molecular formula is C9H14F3NO2. The summed E-state index contributed by atoms with van der Waals surface area (Å²) in [7, 11) is 0. The van der Waals surface area contributed by atoms with Gasteiger partial charge in [0, 0.05) is 13.0 Å². The number of hydrogen-bond acceptors (Lipinski definition) is 2. The van der Waals surface area contributed by atoms with Crippen LogP contribution in [0.4, 0.5) is 13.2 Å². The van der Waals surface area contributed by atoms with Gasteiger partial charge in [-0.3, -0.25) is 4.79 Å². The Bertz CT molecular complexity index is 226. The topological polar surface area (TPSA) is 49.3 Å². The predicted molar refractivity (Wildman–Crippen MR) is 47.0 cm³/mol. The van der Waals surface area contributed by atoms with Gasteiger partial charge in [0.15, 0.2) is 0 Å². The second-order valence-electron chi connectivity index (χ2n) is 3.82. The minimum atomic E-state index is -4.30. The molecule has 2 N–H and O–H groups in total. The molecule has 0 saturated heterocycles. The van der Waals surface area contributed by atoms with Crippen molar-refractivity contribution in [1.82, 2.24) is 5.32 Å². The van der Waals surface area contributed by atoms with Crippen molar-refractivity contribution in [1.29, 1.82) is 0 Å². The molecule has 0 aliphatic heterocycles. The van der Waals surface area contributed by atoms with Crippen molar-refractivity contribution in [2.75, 3.05) is 6.54 Å². The highest BCUT2D eigenvalue weighted by Crippen LogP contribution is 2.32. The van der Waals surface area contributed by atoms with Crippen molar-refractivity contribution in [3.8, 4) is 0 Å². The largest absolute Gasteiger partial charge is 0.391 e. The van der Waals surface area contributed by atoms with Gasteiger partial charge in [-0.15, -0.1) is 0 Å². The van der Waals surface area contributed by atoms with Gasteiger partial charge in [-0.2, -0.15) is 13.2 Å². The third-order valence-electron chi connectivity index (χ3n) is 2.31. The van der Waals surface area contributed by atoms with E-state index in [0.717, 1.165) is 12.8 Å². The zero-order valence-electron chi connectivity index (χ0n) is 8.18. The van der Waals surface area contributed by atoms with Gasteiger partial charge in [-0.1, -0.05) is 0 Å². The van der Waals surface area contributed by atoms with E-state index in [1.165, 1.54) is 0 Å². The highest BCUT2D eigenvalue weighted by molar-refractivity contribution is 5.75. The fourth-order valence-corrected chi connectivity index (χ4v) is 1.21. The SMILES string of the molecule is O=C(CCC(F)(F)F)NCC(O)C1CC1. The lowest BCUT2D eigenvalue weighted by Crippen LogP contribution is -2.33. The minimum absolute atomic E-state index is 0.0569. The van der Waals surface area contributed by atoms with E-state index < -0.39 is 31.0 Å². The molecule has 1 rings (SSSR count). The fourth-order valence-electron chi connectivity index (χ4n) is 1.21. The second-order valence-corrected chi connectivity index (χ2v) is 3.82. The maximum atomic E-state index is 11.7. The average Bonchev–Trinajstić information content (AvgIpc) is 2.92. The summed E-state index contributed by atoms with van der Waals surface area (Å²) in [4.78, 5) is 10.9. The van der Waals surface area contributed by atoms with Gasteiger partial charge in [0.2, 0.25) is 5.91 Å². The van der Waals surface area contributed by atoms with E-state index in [0.29, 0.717) is 0 Å². The molecule has 1 unspecified atom stereocenters. The molecule has 15 heavy (non-hydrogen) atoms. The summed E-state index contributed by atoms with van der Waals surface area (Å²) in [6, 6.07) is 0. The number of rotatable bonds is 5. The van der Waals surface area contributed by atoms with Crippen LogP contribution in [0.25, 0.3) is 0 Å². The van der Waals surface area contributed by atoms with E-state index in [2.05, 4.69) is 5.32 Å². The Morgan fingerprint density at radius 1 is 1.47 bits per heavy atom. The molecule has 0 spiro atoms. The lowest BCUT2D eigenvalue weighted by molar-refractivity contribution is -0.144. The number of halogens is 3. The third kappa shape index (κ3) is 5.61. The lowest BCUT2D eigenvalue weighted by Gasteiger charge is -2.11. The first kappa shape index (κ1) is 12.3. The van der Waals surface area contributed by atoms with Crippen molar-refractivity contribution >= 4 is 5.91 Å². The number of hydrogen-bond donors (Lipinski definition) is 2. The first-order valence-corrected chi connectivity index (χ1v) is 4.90. The van der Waals surface area contributed by atoms with Crippen LogP contribution in [-0.4, -0.2) is 29.8 Å². The highest BCUT2D eigenvalue weighted by Gasteiger charge is 2.30. The van der Waals surface area contributed by atoms with E-state index >= 15 is 0 Å². The predicted octanol–water partition coefficient (Wildman–Crippen LogP) is 1.22. The molecule has 0 bridgehead atoms. The van der Waals surface area contributed by atoms with Crippen LogP contribution >= 0.6 is 0 Å². The van der Waals surface area contributed by atoms with Gasteiger partial charge < -0.3 is 10.4 Å². The monoisotopic (exact) mass is 225 g/mol. The van der Waals surface area contributed by atoms with Crippen LogP contribution in [0.5, 0.6) is 0 Å². The number of carbonyl (C=O) groups excluding carboxylic acids is 1. The van der Waals surface area contributed by atoms with Gasteiger partial charge in [0.05, 0.1) is 12.5 Å². The summed E-state index contributed by atoms with van der Waals surface area (Å²) in [5.41, 5.74) is 0. The van der Waals surface area contributed by atoms with Crippen LogP contribution in [0.3, 0.4) is 0 Å². The van der Waals surface area contributed by atoms with E-state index in [4.69, 9.17) is 0 Å². The Balaban J connectivity index is 2.07. The zero-order valence-corrected chi connectivity index (χ0v) is 8.18. The number of nitrogens with one attached hydrogen (secondary N) is 1. The van der Waals surface area contributed by atoms with Crippen LogP contribution in [0.2, 0.25) is 0 Å². The van der Waals surface area contributed by atoms with Gasteiger partial charge in [-0.25, -0.2) is 0 Å². The fraction of sp³-hybridized carbons (Fsp3) is 0.889. The van der Waals surface area contributed by atoms with E-state index in [1.807, 2.05) is 0 Å². The number of aliphatic hydroxyl groups is 1. The van der Waals surface area contributed by atoms with Crippen molar-refractivity contribution in [3.05, 3.63) is 0 Å². The maximum absolute atomic E-state index is 11.7. The molecule has 0 aromatic carbocycles. The molecule has 1 fully saturated rings. The van der Waals surface area contributed by atoms with Crippen LogP contribution in [0.15, 0.2) is 0 Å². The number of amides is 1. The molecule has 6 heteroatoms. The summed E-state index contributed by atoms with van der Waals surface area (Å²) in [6.07, 6.45) is -4.73. The molecular weight excluding hydrogens is 211 g/mol. The second kappa shape index (κ2) is 4.83. The molecule has 0 heterocycles. The number of carbonyl (C=O) groups is 1. The quantitative estimate of drug-likeness (QED) is 0.739. The normalized spacial score (nSPS) is 18.7. The summed E-state index contributed by atoms with van der Waals surface area (Å²) in [6.45, 7) is 0.0569. The van der Waals surface area contributed by atoms with Gasteiger partial charge >= 0.3 is 6.18 Å². The Labute approximate surface area is 85.7 Å². The lowest BCUT2D eigenvalue weighted by atomic mass is 10.2. The summed E-state index contributed by atoms with van der Waals surface area (Å²) >= 11 is 0. The molecule has 3 nitrogen and oxygen atoms in total. The Hall–Kier alpha value is -0.780. The Morgan fingerprint density at radius 2 is 2.07 bits per heavy atom. The van der Waals surface area contributed by atoms with Crippen LogP contribution in [0.1, 0.15) is 25.7 Å². The summed E-state index contributed by atoms with van der Waals surface area (Å²) in [5.74, 6) is -0.444. The molecule has 0 aromatic rings. The van der Waals surface area contributed by atoms with Crippen LogP contribution in [0, 0.1) is 5.92 Å². The number of alkyl halides is 3. The minimum Gasteiger partial charge on any atom is -0.391 e. The summed E-state index contributed by atoms with van der Waals surface area (Å²) in [5, 5.41) is 11.6. The van der Waals surface area contributed by atoms with Gasteiger partial charge in [-0.05, 0) is 18.8 Å². The highest BCUT2D eigenvalue weighted by atomic mass is 19.4. The molecule has 1 atom stereocenters. The Kier molecular flexibility index (Phi) is 3.96. The molecule has 88 valence electrons. The molecule has 1 amide bonds. The van der Waals surface area contributed by atoms with E-state index in [1.54, 1.807) is 0 Å². The van der Waals surface area contributed by atoms with Crippen LogP contribution in [-0.2, 0) is 4.79 Å². The standard InChI is InChI=1S/C9H14F3NO2/c10-9(11,12)4-3-8(15)13-5-7(14)6-1-2-6/h6-7,14H,1-5H2,(H,13,15). The first-order chi connectivity index (χ1) is 6.88. The van der Waals surface area contributed by atoms with Crippen molar-refractivity contribution in [2.24, 2.45) is 5.92 Å². The Morgan fingerprint density at radius 3 is 2.53 bits per heavy atom. The van der Waals surface area contributed by atoms with E-state index in [-0.39, 0.29) is 12.5 Å². The van der Waals surface area contributed by atoms with Crippen molar-refractivity contribution in [3.63, 3.8) is 0 Å². The zero-order chi connectivity index (χ0) is 11.5. The van der Waals surface area contributed by atoms with Gasteiger partial charge in [0.25, 0.3) is 0 Å². The van der Waals surface area contributed by atoms with E-state index in [9.17, 15) is 23.1 Å². The molecule has 1 aliphatic carbocycles. The van der Waals surface area contributed by atoms with Crippen LogP contribution < -0.4 is 5.32 Å². The maximum Gasteiger partial charge on any atom is 0.389 e. The van der Waals surface area contributed by atoms with Crippen molar-refractivity contribution < 1.29 is 23.1 Å². The first-order valence-electron chi connectivity index (χ1n) is 4.90.